The molecule has 2 saturated heterocycles. The smallest absolute Gasteiger partial charge is 0.475 e. The summed E-state index contributed by atoms with van der Waals surface area (Å²) >= 11 is 0. The lowest BCUT2D eigenvalue weighted by atomic mass is 9.92. The number of carboxylic acids is 1. The highest BCUT2D eigenvalue weighted by atomic mass is 19.4. The molecule has 10 heteroatoms. The largest absolute Gasteiger partial charge is 0.490 e. The van der Waals surface area contributed by atoms with Gasteiger partial charge in [-0.3, -0.25) is 14.5 Å². The number of anilines is 1. The van der Waals surface area contributed by atoms with E-state index in [2.05, 4.69) is 11.8 Å². The first-order valence-electron chi connectivity index (χ1n) is 11.1. The summed E-state index contributed by atoms with van der Waals surface area (Å²) in [5.41, 5.74) is 3.01. The molecule has 0 aliphatic carbocycles. The normalized spacial score (nSPS) is 20.5. The second kappa shape index (κ2) is 10.5. The number of hydrogen-bond donors (Lipinski definition) is 1. The van der Waals surface area contributed by atoms with E-state index in [4.69, 9.17) is 9.90 Å². The van der Waals surface area contributed by atoms with Gasteiger partial charge in [-0.2, -0.15) is 13.2 Å². The molecule has 4 rings (SSSR count). The van der Waals surface area contributed by atoms with Crippen LogP contribution >= 0.6 is 0 Å². The Hall–Kier alpha value is -3.40. The van der Waals surface area contributed by atoms with Gasteiger partial charge in [-0.1, -0.05) is 48.0 Å². The number of carbonyl (C=O) groups is 3. The molecule has 0 aromatic heterocycles. The van der Waals surface area contributed by atoms with Gasteiger partial charge in [0.25, 0.3) is 0 Å². The molecule has 0 bridgehead atoms. The highest BCUT2D eigenvalue weighted by Crippen LogP contribution is 2.33. The Morgan fingerprint density at radius 2 is 1.63 bits per heavy atom. The van der Waals surface area contributed by atoms with Gasteiger partial charge in [-0.15, -0.1) is 0 Å². The molecule has 1 unspecified atom stereocenters. The zero-order valence-corrected chi connectivity index (χ0v) is 19.6. The maximum absolute atomic E-state index is 12.9. The molecule has 2 aromatic carbocycles. The minimum atomic E-state index is -5.08. The van der Waals surface area contributed by atoms with Gasteiger partial charge in [-0.05, 0) is 38.1 Å². The lowest BCUT2D eigenvalue weighted by Crippen LogP contribution is -2.64. The third-order valence-electron chi connectivity index (χ3n) is 6.41. The first-order valence-corrected chi connectivity index (χ1v) is 11.1. The summed E-state index contributed by atoms with van der Waals surface area (Å²) < 4.78 is 31.7. The van der Waals surface area contributed by atoms with Crippen molar-refractivity contribution in [1.29, 1.82) is 0 Å². The Kier molecular flexibility index (Phi) is 7.84. The van der Waals surface area contributed by atoms with Gasteiger partial charge in [0.2, 0.25) is 11.8 Å². The zero-order chi connectivity index (χ0) is 25.8. The van der Waals surface area contributed by atoms with Crippen LogP contribution in [0.4, 0.5) is 18.9 Å². The Bertz CT molecular complexity index is 1060. The molecule has 1 atom stereocenters. The number of carbonyl (C=O) groups excluding carboxylic acids is 2. The predicted molar refractivity (Wildman–Crippen MR) is 124 cm³/mol. The average Bonchev–Trinajstić information content (AvgIpc) is 3.24. The number of aryl methyl sites for hydroxylation is 1. The van der Waals surface area contributed by atoms with Crippen LogP contribution in [0.3, 0.4) is 0 Å². The molecule has 0 radical (unpaired) electrons. The lowest BCUT2D eigenvalue weighted by Gasteiger charge is -2.46. The molecule has 2 heterocycles. The number of likely N-dealkylation sites (N-methyl/N-ethyl adjacent to an activating group) is 1. The number of rotatable bonds is 3. The van der Waals surface area contributed by atoms with Gasteiger partial charge < -0.3 is 14.9 Å². The van der Waals surface area contributed by atoms with Crippen LogP contribution in [-0.4, -0.2) is 77.6 Å². The third-order valence-corrected chi connectivity index (χ3v) is 6.41. The maximum Gasteiger partial charge on any atom is 0.490 e. The van der Waals surface area contributed by atoms with Crippen LogP contribution in [0.2, 0.25) is 0 Å². The van der Waals surface area contributed by atoms with Crippen LogP contribution < -0.4 is 4.90 Å². The summed E-state index contributed by atoms with van der Waals surface area (Å²) in [6, 6.07) is 18.0. The van der Waals surface area contributed by atoms with Crippen molar-refractivity contribution in [2.75, 3.05) is 38.1 Å². The van der Waals surface area contributed by atoms with Crippen molar-refractivity contribution in [3.8, 4) is 0 Å². The van der Waals surface area contributed by atoms with E-state index >= 15 is 0 Å². The van der Waals surface area contributed by atoms with Crippen molar-refractivity contribution in [3.63, 3.8) is 0 Å². The molecule has 2 aliphatic rings. The van der Waals surface area contributed by atoms with Crippen LogP contribution in [0, 0.1) is 6.92 Å². The van der Waals surface area contributed by atoms with Gasteiger partial charge in [0.05, 0.1) is 18.5 Å². The quantitative estimate of drug-likeness (QED) is 0.714. The molecule has 2 aromatic rings. The molecular formula is C25H28F3N3O4. The maximum atomic E-state index is 12.9. The molecule has 2 aliphatic heterocycles. The minimum Gasteiger partial charge on any atom is -0.475 e. The number of para-hydroxylation sites is 1. The third kappa shape index (κ3) is 6.39. The molecule has 7 nitrogen and oxygen atoms in total. The number of aliphatic carboxylic acids is 1. The second-order valence-electron chi connectivity index (χ2n) is 8.93. The monoisotopic (exact) mass is 491 g/mol. The van der Waals surface area contributed by atoms with Crippen molar-refractivity contribution in [2.45, 2.75) is 31.5 Å². The summed E-state index contributed by atoms with van der Waals surface area (Å²) in [5, 5.41) is 7.12. The molecule has 0 saturated carbocycles. The fourth-order valence-corrected chi connectivity index (χ4v) is 4.30. The van der Waals surface area contributed by atoms with Crippen molar-refractivity contribution < 1.29 is 32.7 Å². The van der Waals surface area contributed by atoms with E-state index in [9.17, 15) is 22.8 Å². The van der Waals surface area contributed by atoms with Gasteiger partial charge in [0.15, 0.2) is 0 Å². The minimum absolute atomic E-state index is 0.115. The van der Waals surface area contributed by atoms with Crippen LogP contribution in [0.15, 0.2) is 54.6 Å². The van der Waals surface area contributed by atoms with E-state index in [1.807, 2.05) is 71.4 Å². The van der Waals surface area contributed by atoms with Gasteiger partial charge in [0.1, 0.15) is 0 Å². The lowest BCUT2D eigenvalue weighted by molar-refractivity contribution is -0.192. The highest BCUT2D eigenvalue weighted by Gasteiger charge is 2.48. The zero-order valence-electron chi connectivity index (χ0n) is 19.6. The SMILES string of the molecule is Cc1ccc(CC(=O)N2CCC3(C2)CN(c2ccccc2)C(=O)CN3C)cc1.O=C(O)C(F)(F)F. The van der Waals surface area contributed by atoms with E-state index in [0.29, 0.717) is 26.1 Å². The number of halogens is 3. The van der Waals surface area contributed by atoms with E-state index in [1.54, 1.807) is 0 Å². The molecular weight excluding hydrogens is 463 g/mol. The fraction of sp³-hybridized carbons (Fsp3) is 0.400. The standard InChI is InChI=1S/C23H27N3O2.C2HF3O2/c1-18-8-10-19(11-9-18)14-21(27)25-13-12-23(16-25)17-26(22(28)15-24(23)2)20-6-4-3-5-7-20;3-2(4,5)1(6)7/h3-11H,12-17H2,1-2H3;(H,6,7). The van der Waals surface area contributed by atoms with Crippen LogP contribution in [-0.2, 0) is 20.8 Å². The number of carboxylic acid groups (broad SMARTS) is 1. The molecule has 2 amide bonds. The Morgan fingerprint density at radius 1 is 1.03 bits per heavy atom. The number of benzene rings is 2. The summed E-state index contributed by atoms with van der Waals surface area (Å²) in [6.07, 6.45) is -3.76. The first kappa shape index (κ1) is 26.2. The van der Waals surface area contributed by atoms with Crippen molar-refractivity contribution in [1.82, 2.24) is 9.80 Å². The molecule has 188 valence electrons. The van der Waals surface area contributed by atoms with Crippen molar-refractivity contribution in [2.24, 2.45) is 0 Å². The van der Waals surface area contributed by atoms with E-state index in [0.717, 1.165) is 24.2 Å². The Morgan fingerprint density at radius 3 is 2.20 bits per heavy atom. The van der Waals surface area contributed by atoms with E-state index in [-0.39, 0.29) is 17.4 Å². The van der Waals surface area contributed by atoms with Crippen molar-refractivity contribution >= 4 is 23.5 Å². The predicted octanol–water partition coefficient (Wildman–Crippen LogP) is 3.12. The number of likely N-dealkylation sites (tertiary alicyclic amines) is 1. The molecule has 1 N–H and O–H groups in total. The Labute approximate surface area is 201 Å². The first-order chi connectivity index (χ1) is 16.4. The number of nitrogens with zero attached hydrogens (tertiary/aromatic N) is 3. The fourth-order valence-electron chi connectivity index (χ4n) is 4.30. The summed E-state index contributed by atoms with van der Waals surface area (Å²) in [4.78, 5) is 40.4. The number of amides is 2. The number of hydrogen-bond acceptors (Lipinski definition) is 4. The molecule has 35 heavy (non-hydrogen) atoms. The molecule has 2 fully saturated rings. The summed E-state index contributed by atoms with van der Waals surface area (Å²) in [5.74, 6) is -2.48. The van der Waals surface area contributed by atoms with Crippen LogP contribution in [0.1, 0.15) is 17.5 Å². The summed E-state index contributed by atoms with van der Waals surface area (Å²) in [6.45, 7) is 4.47. The van der Waals surface area contributed by atoms with Gasteiger partial charge >= 0.3 is 12.1 Å². The van der Waals surface area contributed by atoms with E-state index in [1.165, 1.54) is 5.56 Å². The highest BCUT2D eigenvalue weighted by molar-refractivity contribution is 5.96. The number of alkyl halides is 3. The topological polar surface area (TPSA) is 81.2 Å². The Balaban J connectivity index is 0.000000429. The van der Waals surface area contributed by atoms with Crippen molar-refractivity contribution in [3.05, 3.63) is 65.7 Å². The average molecular weight is 492 g/mol. The molecule has 1 spiro atoms. The van der Waals surface area contributed by atoms with Gasteiger partial charge in [-0.25, -0.2) is 4.79 Å². The van der Waals surface area contributed by atoms with E-state index < -0.39 is 12.1 Å². The van der Waals surface area contributed by atoms with Crippen LogP contribution in [0.5, 0.6) is 0 Å². The number of piperazine rings is 1. The summed E-state index contributed by atoms with van der Waals surface area (Å²) in [7, 11) is 2.01. The van der Waals surface area contributed by atoms with Crippen LogP contribution in [0.25, 0.3) is 0 Å². The second-order valence-corrected chi connectivity index (χ2v) is 8.93. The van der Waals surface area contributed by atoms with Gasteiger partial charge in [0, 0.05) is 25.3 Å².